The lowest BCUT2D eigenvalue weighted by atomic mass is 10.1. The molecule has 1 saturated heterocycles. The third-order valence-electron chi connectivity index (χ3n) is 6.05. The summed E-state index contributed by atoms with van der Waals surface area (Å²) in [6.45, 7) is 1.43. The minimum absolute atomic E-state index is 0.0339. The van der Waals surface area contributed by atoms with Crippen molar-refractivity contribution in [2.75, 3.05) is 20.3 Å². The highest BCUT2D eigenvalue weighted by molar-refractivity contribution is 6.06. The smallest absolute Gasteiger partial charge is 0.261 e. The normalized spacial score (nSPS) is 16.4. The van der Waals surface area contributed by atoms with Crippen LogP contribution in [0.4, 0.5) is 0 Å². The largest absolute Gasteiger partial charge is 0.383 e. The van der Waals surface area contributed by atoms with E-state index < -0.39 is 0 Å². The van der Waals surface area contributed by atoms with Crippen LogP contribution in [0.1, 0.15) is 35.1 Å². The van der Waals surface area contributed by atoms with E-state index in [4.69, 9.17) is 9.72 Å². The minimum atomic E-state index is -0.254. The molecule has 1 atom stereocenters. The van der Waals surface area contributed by atoms with Crippen LogP contribution >= 0.6 is 0 Å². The average molecular weight is 416 g/mol. The van der Waals surface area contributed by atoms with Crippen LogP contribution in [-0.2, 0) is 11.3 Å². The fraction of sp³-hybridized carbons (Fsp3) is 0.292. The number of rotatable bonds is 5. The summed E-state index contributed by atoms with van der Waals surface area (Å²) in [4.78, 5) is 36.7. The van der Waals surface area contributed by atoms with E-state index in [-0.39, 0.29) is 17.5 Å². The lowest BCUT2D eigenvalue weighted by molar-refractivity contribution is 0.0727. The van der Waals surface area contributed by atoms with Crippen molar-refractivity contribution in [3.8, 4) is 0 Å². The van der Waals surface area contributed by atoms with Crippen LogP contribution in [0.5, 0.6) is 0 Å². The van der Waals surface area contributed by atoms with Gasteiger partial charge in [0.1, 0.15) is 5.82 Å². The number of amides is 1. The summed E-state index contributed by atoms with van der Waals surface area (Å²) in [7, 11) is 1.61. The molecule has 1 unspecified atom stereocenters. The Bertz CT molecular complexity index is 1320. The van der Waals surface area contributed by atoms with E-state index in [0.29, 0.717) is 42.0 Å². The summed E-state index contributed by atoms with van der Waals surface area (Å²) in [5.74, 6) is 0.598. The molecule has 7 nitrogen and oxygen atoms in total. The number of nitrogens with zero attached hydrogens (tertiary/aromatic N) is 3. The van der Waals surface area contributed by atoms with Crippen LogP contribution in [0.15, 0.2) is 59.5 Å². The van der Waals surface area contributed by atoms with E-state index >= 15 is 0 Å². The van der Waals surface area contributed by atoms with E-state index in [1.807, 2.05) is 53.6 Å². The molecule has 31 heavy (non-hydrogen) atoms. The van der Waals surface area contributed by atoms with Gasteiger partial charge < -0.3 is 14.6 Å². The summed E-state index contributed by atoms with van der Waals surface area (Å²) in [6, 6.07) is 14.7. The predicted octanol–water partition coefficient (Wildman–Crippen LogP) is 3.50. The fourth-order valence-electron chi connectivity index (χ4n) is 4.54. The van der Waals surface area contributed by atoms with E-state index in [1.165, 1.54) is 0 Å². The first-order valence-corrected chi connectivity index (χ1v) is 10.5. The van der Waals surface area contributed by atoms with Crippen molar-refractivity contribution >= 4 is 27.7 Å². The van der Waals surface area contributed by atoms with Crippen molar-refractivity contribution in [3.63, 3.8) is 0 Å². The molecule has 0 spiro atoms. The van der Waals surface area contributed by atoms with E-state index in [2.05, 4.69) is 4.98 Å². The van der Waals surface area contributed by atoms with Gasteiger partial charge in [0.15, 0.2) is 0 Å². The molecule has 158 valence electrons. The number of hydrogen-bond acceptors (Lipinski definition) is 4. The lowest BCUT2D eigenvalue weighted by Crippen LogP contribution is -2.36. The number of fused-ring (bicyclic) bond motifs is 2. The molecule has 1 N–H and O–H groups in total. The van der Waals surface area contributed by atoms with E-state index in [9.17, 15) is 9.59 Å². The summed E-state index contributed by atoms with van der Waals surface area (Å²) in [6.07, 6.45) is 3.48. The van der Waals surface area contributed by atoms with Crippen LogP contribution < -0.4 is 5.56 Å². The highest BCUT2D eigenvalue weighted by atomic mass is 16.5. The summed E-state index contributed by atoms with van der Waals surface area (Å²) < 4.78 is 6.92. The number of hydrogen-bond donors (Lipinski definition) is 1. The number of nitrogens with one attached hydrogen (secondary N) is 1. The summed E-state index contributed by atoms with van der Waals surface area (Å²) in [5, 5.41) is 1.48. The van der Waals surface area contributed by atoms with Crippen LogP contribution in [0.25, 0.3) is 21.8 Å². The van der Waals surface area contributed by atoms with Gasteiger partial charge in [0.25, 0.3) is 11.5 Å². The molecule has 2 aromatic carbocycles. The zero-order valence-corrected chi connectivity index (χ0v) is 17.4. The number of likely N-dealkylation sites (tertiary alicyclic amines) is 1. The first kappa shape index (κ1) is 19.5. The number of ether oxygens (including phenoxy) is 1. The van der Waals surface area contributed by atoms with Gasteiger partial charge in [-0.15, -0.1) is 0 Å². The molecule has 4 aromatic rings. The topological polar surface area (TPSA) is 80.2 Å². The minimum Gasteiger partial charge on any atom is -0.383 e. The maximum atomic E-state index is 13.6. The molecule has 0 aliphatic carbocycles. The number of carbonyl (C=O) groups excluding carboxylic acids is 1. The van der Waals surface area contributed by atoms with Crippen LogP contribution in [0.2, 0.25) is 0 Å². The first-order chi connectivity index (χ1) is 15.2. The van der Waals surface area contributed by atoms with Crippen molar-refractivity contribution in [1.82, 2.24) is 19.4 Å². The van der Waals surface area contributed by atoms with Gasteiger partial charge in [-0.3, -0.25) is 14.2 Å². The Morgan fingerprint density at radius 2 is 2.03 bits per heavy atom. The summed E-state index contributed by atoms with van der Waals surface area (Å²) >= 11 is 0. The Morgan fingerprint density at radius 1 is 1.16 bits per heavy atom. The quantitative estimate of drug-likeness (QED) is 0.540. The van der Waals surface area contributed by atoms with Crippen molar-refractivity contribution in [3.05, 3.63) is 76.5 Å². The zero-order valence-electron chi connectivity index (χ0n) is 17.4. The molecular formula is C24H24N4O3. The van der Waals surface area contributed by atoms with Crippen molar-refractivity contribution in [1.29, 1.82) is 0 Å². The van der Waals surface area contributed by atoms with Gasteiger partial charge in [0.05, 0.1) is 30.1 Å². The molecule has 3 heterocycles. The molecule has 0 bridgehead atoms. The van der Waals surface area contributed by atoms with Crippen molar-refractivity contribution < 1.29 is 9.53 Å². The van der Waals surface area contributed by atoms with Gasteiger partial charge in [-0.05, 0) is 43.2 Å². The molecule has 1 amide bonds. The molecule has 5 rings (SSSR count). The van der Waals surface area contributed by atoms with Gasteiger partial charge in [-0.25, -0.2) is 4.98 Å². The SMILES string of the molecule is COCCn1c(C2CCCN2C(=O)c2cccc3[nH]ccc23)nc2ccccc2c1=O. The Balaban J connectivity index is 1.61. The second-order valence-corrected chi connectivity index (χ2v) is 7.84. The molecule has 7 heteroatoms. The maximum absolute atomic E-state index is 13.6. The van der Waals surface area contributed by atoms with Crippen LogP contribution in [0, 0.1) is 0 Å². The fourth-order valence-corrected chi connectivity index (χ4v) is 4.54. The molecule has 1 aliphatic rings. The van der Waals surface area contributed by atoms with Crippen molar-refractivity contribution in [2.45, 2.75) is 25.4 Å². The molecule has 0 radical (unpaired) electrons. The molecule has 1 fully saturated rings. The third-order valence-corrected chi connectivity index (χ3v) is 6.05. The van der Waals surface area contributed by atoms with Gasteiger partial charge >= 0.3 is 0 Å². The summed E-state index contributed by atoms with van der Waals surface area (Å²) in [5.41, 5.74) is 2.16. The standard InChI is InChI=1S/C24H24N4O3/c1-31-15-14-28-22(26-20-8-3-2-6-18(20)24(28)30)21-10-5-13-27(21)23(29)17-7-4-9-19-16(17)11-12-25-19/h2-4,6-9,11-12,21,25H,5,10,13-15H2,1H3. The number of aromatic nitrogens is 3. The van der Waals surface area contributed by atoms with E-state index in [0.717, 1.165) is 23.7 Å². The average Bonchev–Trinajstić information content (AvgIpc) is 3.47. The van der Waals surface area contributed by atoms with Gasteiger partial charge in [-0.2, -0.15) is 0 Å². The number of H-pyrrole nitrogens is 1. The first-order valence-electron chi connectivity index (χ1n) is 10.5. The molecule has 0 saturated carbocycles. The molecule has 1 aliphatic heterocycles. The number of benzene rings is 2. The van der Waals surface area contributed by atoms with Crippen LogP contribution in [-0.4, -0.2) is 45.6 Å². The second-order valence-electron chi connectivity index (χ2n) is 7.84. The Kier molecular flexibility index (Phi) is 5.03. The maximum Gasteiger partial charge on any atom is 0.261 e. The third kappa shape index (κ3) is 3.31. The van der Waals surface area contributed by atoms with Crippen LogP contribution in [0.3, 0.4) is 0 Å². The second kappa shape index (κ2) is 8.00. The van der Waals surface area contributed by atoms with Gasteiger partial charge in [-0.1, -0.05) is 18.2 Å². The van der Waals surface area contributed by atoms with E-state index in [1.54, 1.807) is 17.7 Å². The highest BCUT2D eigenvalue weighted by Crippen LogP contribution is 2.33. The zero-order chi connectivity index (χ0) is 21.4. The number of aromatic amines is 1. The molecule has 2 aromatic heterocycles. The predicted molar refractivity (Wildman–Crippen MR) is 119 cm³/mol. The molecular weight excluding hydrogens is 392 g/mol. The highest BCUT2D eigenvalue weighted by Gasteiger charge is 2.34. The Labute approximate surface area is 179 Å². The number of carbonyl (C=O) groups is 1. The van der Waals surface area contributed by atoms with Crippen molar-refractivity contribution in [2.24, 2.45) is 0 Å². The Morgan fingerprint density at radius 3 is 2.90 bits per heavy atom. The Hall–Kier alpha value is -3.45. The van der Waals surface area contributed by atoms with Gasteiger partial charge in [0.2, 0.25) is 0 Å². The number of methoxy groups -OCH3 is 1. The van der Waals surface area contributed by atoms with Gasteiger partial charge in [0, 0.05) is 36.3 Å². The lowest BCUT2D eigenvalue weighted by Gasteiger charge is -2.27. The number of para-hydroxylation sites is 1. The monoisotopic (exact) mass is 416 g/mol.